The quantitative estimate of drug-likeness (QED) is 0.565. The van der Waals surface area contributed by atoms with Crippen LogP contribution in [0.3, 0.4) is 0 Å². The molecular formula is C9H21NO3S. The normalized spacial score (nSPS) is 15.4. The Hall–Kier alpha value is 0.0300. The molecule has 0 bridgehead atoms. The van der Waals surface area contributed by atoms with Gasteiger partial charge >= 0.3 is 0 Å². The molecule has 2 unspecified atom stereocenters. The fraction of sp³-hybridized carbons (Fsp3) is 1.00. The summed E-state index contributed by atoms with van der Waals surface area (Å²) in [4.78, 5) is 0. The van der Waals surface area contributed by atoms with Gasteiger partial charge in [0.05, 0.1) is 6.61 Å². The van der Waals surface area contributed by atoms with E-state index in [0.717, 1.165) is 6.42 Å². The van der Waals surface area contributed by atoms with Crippen LogP contribution in [0.1, 0.15) is 13.3 Å². The van der Waals surface area contributed by atoms with Crippen LogP contribution in [-0.2, 0) is 20.3 Å². The third-order valence-corrected chi connectivity index (χ3v) is 3.51. The van der Waals surface area contributed by atoms with Crippen LogP contribution in [0.2, 0.25) is 0 Å². The van der Waals surface area contributed by atoms with Gasteiger partial charge in [0.1, 0.15) is 0 Å². The van der Waals surface area contributed by atoms with E-state index < -0.39 is 10.8 Å². The van der Waals surface area contributed by atoms with Gasteiger partial charge in [0, 0.05) is 48.7 Å². The number of nitrogens with two attached hydrogens (primary N) is 1. The lowest BCUT2D eigenvalue weighted by Crippen LogP contribution is -2.25. The lowest BCUT2D eigenvalue weighted by Gasteiger charge is -2.08. The second-order valence-corrected chi connectivity index (χ2v) is 5.06. The molecule has 0 rings (SSSR count). The van der Waals surface area contributed by atoms with Crippen LogP contribution in [0, 0.1) is 0 Å². The zero-order valence-corrected chi connectivity index (χ0v) is 9.85. The standard InChI is InChI=1S/C9H21NO3S/c1-9(8-10)14(11)7-6-13-5-3-4-12-2/h9H,3-8,10H2,1-2H3. The number of ether oxygens (including phenoxy) is 2. The second kappa shape index (κ2) is 9.58. The summed E-state index contributed by atoms with van der Waals surface area (Å²) in [5.41, 5.74) is 5.39. The minimum atomic E-state index is -0.853. The van der Waals surface area contributed by atoms with Crippen molar-refractivity contribution in [1.29, 1.82) is 0 Å². The van der Waals surface area contributed by atoms with E-state index in [2.05, 4.69) is 0 Å². The molecule has 0 saturated heterocycles. The zero-order valence-electron chi connectivity index (χ0n) is 9.03. The molecular weight excluding hydrogens is 202 g/mol. The Labute approximate surface area is 88.6 Å². The first-order chi connectivity index (χ1) is 6.72. The second-order valence-electron chi connectivity index (χ2n) is 3.09. The van der Waals surface area contributed by atoms with Crippen molar-refractivity contribution in [3.63, 3.8) is 0 Å². The summed E-state index contributed by atoms with van der Waals surface area (Å²) >= 11 is 0. The maximum absolute atomic E-state index is 11.4. The average molecular weight is 223 g/mol. The summed E-state index contributed by atoms with van der Waals surface area (Å²) in [7, 11) is 0.811. The first-order valence-electron chi connectivity index (χ1n) is 4.86. The summed E-state index contributed by atoms with van der Waals surface area (Å²) < 4.78 is 21.5. The lowest BCUT2D eigenvalue weighted by atomic mass is 10.5. The maximum atomic E-state index is 11.4. The highest BCUT2D eigenvalue weighted by atomic mass is 32.2. The molecule has 0 aliphatic heterocycles. The van der Waals surface area contributed by atoms with Gasteiger partial charge in [0.25, 0.3) is 0 Å². The number of hydrogen-bond donors (Lipinski definition) is 1. The van der Waals surface area contributed by atoms with E-state index in [0.29, 0.717) is 32.1 Å². The van der Waals surface area contributed by atoms with Crippen LogP contribution < -0.4 is 5.73 Å². The number of methoxy groups -OCH3 is 1. The van der Waals surface area contributed by atoms with E-state index in [1.54, 1.807) is 7.11 Å². The van der Waals surface area contributed by atoms with Gasteiger partial charge in [0.2, 0.25) is 0 Å². The molecule has 4 nitrogen and oxygen atoms in total. The van der Waals surface area contributed by atoms with Gasteiger partial charge in [-0.1, -0.05) is 0 Å². The summed E-state index contributed by atoms with van der Waals surface area (Å²) in [6.45, 7) is 4.28. The molecule has 0 amide bonds. The topological polar surface area (TPSA) is 61.5 Å². The zero-order chi connectivity index (χ0) is 10.8. The highest BCUT2D eigenvalue weighted by molar-refractivity contribution is 7.85. The van der Waals surface area contributed by atoms with Gasteiger partial charge < -0.3 is 15.2 Å². The minimum absolute atomic E-state index is 0.0672. The predicted octanol–water partition coefficient (Wildman–Crippen LogP) is 0.135. The van der Waals surface area contributed by atoms with Crippen LogP contribution in [0.15, 0.2) is 0 Å². The van der Waals surface area contributed by atoms with Crippen molar-refractivity contribution in [3.8, 4) is 0 Å². The van der Waals surface area contributed by atoms with Crippen LogP contribution in [0.25, 0.3) is 0 Å². The van der Waals surface area contributed by atoms with Crippen molar-refractivity contribution < 1.29 is 13.7 Å². The van der Waals surface area contributed by atoms with Crippen molar-refractivity contribution in [2.75, 3.05) is 39.2 Å². The van der Waals surface area contributed by atoms with Crippen molar-refractivity contribution in [3.05, 3.63) is 0 Å². The van der Waals surface area contributed by atoms with Crippen LogP contribution in [0.5, 0.6) is 0 Å². The van der Waals surface area contributed by atoms with Crippen molar-refractivity contribution in [2.45, 2.75) is 18.6 Å². The Morgan fingerprint density at radius 1 is 1.36 bits per heavy atom. The first kappa shape index (κ1) is 14.0. The van der Waals surface area contributed by atoms with E-state index in [1.165, 1.54) is 0 Å². The third-order valence-electron chi connectivity index (χ3n) is 1.85. The van der Waals surface area contributed by atoms with Crippen LogP contribution in [0.4, 0.5) is 0 Å². The molecule has 0 fully saturated rings. The highest BCUT2D eigenvalue weighted by Gasteiger charge is 2.07. The van der Waals surface area contributed by atoms with Crippen molar-refractivity contribution >= 4 is 10.8 Å². The number of hydrogen-bond acceptors (Lipinski definition) is 4. The first-order valence-corrected chi connectivity index (χ1v) is 6.24. The molecule has 0 saturated carbocycles. The molecule has 86 valence electrons. The Morgan fingerprint density at radius 3 is 2.64 bits per heavy atom. The van der Waals surface area contributed by atoms with Crippen LogP contribution >= 0.6 is 0 Å². The summed E-state index contributed by atoms with van der Waals surface area (Å²) in [6.07, 6.45) is 0.885. The Morgan fingerprint density at radius 2 is 2.07 bits per heavy atom. The molecule has 5 heteroatoms. The summed E-state index contributed by atoms with van der Waals surface area (Å²) in [5.74, 6) is 0.575. The van der Waals surface area contributed by atoms with Gasteiger partial charge in [-0.2, -0.15) is 0 Å². The van der Waals surface area contributed by atoms with Gasteiger partial charge in [-0.05, 0) is 13.3 Å². The number of rotatable bonds is 9. The van der Waals surface area contributed by atoms with Gasteiger partial charge in [-0.25, -0.2) is 0 Å². The van der Waals surface area contributed by atoms with Crippen molar-refractivity contribution in [2.24, 2.45) is 5.73 Å². The predicted molar refractivity (Wildman–Crippen MR) is 58.8 cm³/mol. The molecule has 2 N–H and O–H groups in total. The lowest BCUT2D eigenvalue weighted by molar-refractivity contribution is 0.112. The SMILES string of the molecule is COCCCOCCS(=O)C(C)CN. The Balaban J connectivity index is 3.23. The van der Waals surface area contributed by atoms with Gasteiger partial charge in [-0.3, -0.25) is 4.21 Å². The largest absolute Gasteiger partial charge is 0.385 e. The van der Waals surface area contributed by atoms with Gasteiger partial charge in [-0.15, -0.1) is 0 Å². The monoisotopic (exact) mass is 223 g/mol. The molecule has 0 aromatic heterocycles. The van der Waals surface area contributed by atoms with Gasteiger partial charge in [0.15, 0.2) is 0 Å². The fourth-order valence-electron chi connectivity index (χ4n) is 0.857. The average Bonchev–Trinajstić information content (AvgIpc) is 2.21. The molecule has 0 spiro atoms. The van der Waals surface area contributed by atoms with Crippen molar-refractivity contribution in [1.82, 2.24) is 0 Å². The molecule has 0 aromatic rings. The molecule has 0 radical (unpaired) electrons. The van der Waals surface area contributed by atoms with Crippen LogP contribution in [-0.4, -0.2) is 48.7 Å². The van der Waals surface area contributed by atoms with E-state index in [9.17, 15) is 4.21 Å². The van der Waals surface area contributed by atoms with E-state index in [4.69, 9.17) is 15.2 Å². The highest BCUT2D eigenvalue weighted by Crippen LogP contribution is 1.94. The molecule has 0 aliphatic rings. The molecule has 14 heavy (non-hydrogen) atoms. The fourth-order valence-corrected chi connectivity index (χ4v) is 1.76. The molecule has 0 heterocycles. The maximum Gasteiger partial charge on any atom is 0.0581 e. The minimum Gasteiger partial charge on any atom is -0.385 e. The Kier molecular flexibility index (Phi) is 9.60. The third kappa shape index (κ3) is 7.44. The van der Waals surface area contributed by atoms with E-state index in [-0.39, 0.29) is 5.25 Å². The van der Waals surface area contributed by atoms with E-state index >= 15 is 0 Å². The molecule has 0 aromatic carbocycles. The Bertz CT molecular complexity index is 155. The van der Waals surface area contributed by atoms with E-state index in [1.807, 2.05) is 6.92 Å². The summed E-state index contributed by atoms with van der Waals surface area (Å²) in [5, 5.41) is 0.0672. The molecule has 2 atom stereocenters. The smallest absolute Gasteiger partial charge is 0.0581 e. The summed E-state index contributed by atoms with van der Waals surface area (Å²) in [6, 6.07) is 0. The molecule has 0 aliphatic carbocycles.